The molecule has 1 fully saturated rings. The maximum atomic E-state index is 13.8. The fraction of sp³-hybridized carbons (Fsp3) is 0.421. The molecule has 0 aliphatic carbocycles. The van der Waals surface area contributed by atoms with E-state index in [1.165, 1.54) is 30.0 Å². The maximum Gasteiger partial charge on any atom is 0.244 e. The lowest BCUT2D eigenvalue weighted by molar-refractivity contribution is -0.134. The third-order valence-electron chi connectivity index (χ3n) is 4.77. The van der Waals surface area contributed by atoms with Crippen molar-refractivity contribution in [1.82, 2.24) is 14.5 Å². The van der Waals surface area contributed by atoms with Crippen LogP contribution in [-0.4, -0.2) is 62.9 Å². The van der Waals surface area contributed by atoms with E-state index in [0.717, 1.165) is 32.1 Å². The molecule has 1 N–H and O–H groups in total. The quantitative estimate of drug-likeness (QED) is 0.736. The molecule has 1 aromatic heterocycles. The highest BCUT2D eigenvalue weighted by Crippen LogP contribution is 2.15. The molecule has 0 saturated carbocycles. The van der Waals surface area contributed by atoms with E-state index in [0.29, 0.717) is 13.1 Å². The Labute approximate surface area is 169 Å². The number of hydrogen-bond acceptors (Lipinski definition) is 5. The average molecular weight is 426 g/mol. The molecule has 3 rings (SSSR count). The topological polar surface area (TPSA) is 69.7 Å². The van der Waals surface area contributed by atoms with Crippen LogP contribution in [0.1, 0.15) is 11.8 Å². The van der Waals surface area contributed by atoms with E-state index in [2.05, 4.69) is 21.1 Å². The van der Waals surface area contributed by atoms with Crippen molar-refractivity contribution in [2.45, 2.75) is 24.3 Å². The van der Waals surface area contributed by atoms with Gasteiger partial charge in [-0.1, -0.05) is 18.2 Å². The SMILES string of the molecule is C[C@H](NS(=O)(=O)c1ccccc1F)C(=O)N1CCN(CCc2cccs2)CC1. The lowest BCUT2D eigenvalue weighted by Crippen LogP contribution is -2.54. The molecule has 0 spiro atoms. The molecule has 0 unspecified atom stereocenters. The van der Waals surface area contributed by atoms with Crippen LogP contribution in [0.2, 0.25) is 0 Å². The molecule has 1 saturated heterocycles. The smallest absolute Gasteiger partial charge is 0.244 e. The Bertz CT molecular complexity index is 895. The predicted octanol–water partition coefficient (Wildman–Crippen LogP) is 1.94. The van der Waals surface area contributed by atoms with E-state index >= 15 is 0 Å². The summed E-state index contributed by atoms with van der Waals surface area (Å²) in [5.74, 6) is -1.13. The summed E-state index contributed by atoms with van der Waals surface area (Å²) in [6.07, 6.45) is 0.991. The van der Waals surface area contributed by atoms with Gasteiger partial charge in [0.2, 0.25) is 15.9 Å². The zero-order chi connectivity index (χ0) is 20.1. The van der Waals surface area contributed by atoms with Gasteiger partial charge in [-0.15, -0.1) is 11.3 Å². The summed E-state index contributed by atoms with van der Waals surface area (Å²) in [5, 5.41) is 2.07. The Balaban J connectivity index is 1.51. The molecule has 1 amide bonds. The highest BCUT2D eigenvalue weighted by atomic mass is 32.2. The molecule has 6 nitrogen and oxygen atoms in total. The molecule has 28 heavy (non-hydrogen) atoms. The van der Waals surface area contributed by atoms with Gasteiger partial charge >= 0.3 is 0 Å². The van der Waals surface area contributed by atoms with Crippen LogP contribution in [0.4, 0.5) is 4.39 Å². The number of carbonyl (C=O) groups is 1. The van der Waals surface area contributed by atoms with Crippen LogP contribution in [0, 0.1) is 5.82 Å². The first-order valence-electron chi connectivity index (χ1n) is 9.17. The summed E-state index contributed by atoms with van der Waals surface area (Å²) >= 11 is 1.74. The van der Waals surface area contributed by atoms with Crippen LogP contribution in [0.25, 0.3) is 0 Å². The number of thiophene rings is 1. The fourth-order valence-corrected chi connectivity index (χ4v) is 5.17. The van der Waals surface area contributed by atoms with Crippen LogP contribution in [0.3, 0.4) is 0 Å². The lowest BCUT2D eigenvalue weighted by Gasteiger charge is -2.36. The molecule has 1 aromatic carbocycles. The van der Waals surface area contributed by atoms with Gasteiger partial charge in [-0.05, 0) is 36.9 Å². The molecule has 1 aliphatic rings. The Morgan fingerprint density at radius 3 is 2.54 bits per heavy atom. The number of hydrogen-bond donors (Lipinski definition) is 1. The van der Waals surface area contributed by atoms with Crippen LogP contribution in [0.5, 0.6) is 0 Å². The van der Waals surface area contributed by atoms with Crippen molar-refractivity contribution in [2.75, 3.05) is 32.7 Å². The van der Waals surface area contributed by atoms with Gasteiger partial charge in [0.1, 0.15) is 10.7 Å². The summed E-state index contributed by atoms with van der Waals surface area (Å²) in [6, 6.07) is 8.33. The first kappa shape index (κ1) is 20.9. The van der Waals surface area contributed by atoms with Crippen LogP contribution in [0.15, 0.2) is 46.7 Å². The Hall–Kier alpha value is -1.81. The van der Waals surface area contributed by atoms with Gasteiger partial charge in [-0.3, -0.25) is 9.69 Å². The van der Waals surface area contributed by atoms with E-state index in [1.807, 2.05) is 6.07 Å². The summed E-state index contributed by atoms with van der Waals surface area (Å²) < 4.78 is 40.8. The third kappa shape index (κ3) is 5.16. The molecular formula is C19H24FN3O3S2. The van der Waals surface area contributed by atoms with Crippen molar-refractivity contribution in [2.24, 2.45) is 0 Å². The number of halogens is 1. The summed E-state index contributed by atoms with van der Waals surface area (Å²) in [7, 11) is -4.10. The highest BCUT2D eigenvalue weighted by molar-refractivity contribution is 7.89. The van der Waals surface area contributed by atoms with Gasteiger partial charge in [0, 0.05) is 37.6 Å². The highest BCUT2D eigenvalue weighted by Gasteiger charge is 2.29. The van der Waals surface area contributed by atoms with Crippen molar-refractivity contribution < 1.29 is 17.6 Å². The van der Waals surface area contributed by atoms with E-state index < -0.39 is 26.8 Å². The number of benzene rings is 1. The number of sulfonamides is 1. The average Bonchev–Trinajstić information content (AvgIpc) is 3.19. The predicted molar refractivity (Wildman–Crippen MR) is 107 cm³/mol. The molecule has 1 aliphatic heterocycles. The number of amides is 1. The van der Waals surface area contributed by atoms with Crippen molar-refractivity contribution in [3.63, 3.8) is 0 Å². The van der Waals surface area contributed by atoms with Crippen LogP contribution >= 0.6 is 11.3 Å². The van der Waals surface area contributed by atoms with E-state index in [4.69, 9.17) is 0 Å². The Morgan fingerprint density at radius 2 is 1.89 bits per heavy atom. The minimum absolute atomic E-state index is 0.294. The van der Waals surface area contributed by atoms with E-state index in [-0.39, 0.29) is 5.91 Å². The maximum absolute atomic E-state index is 13.8. The molecular weight excluding hydrogens is 401 g/mol. The molecule has 1 atom stereocenters. The zero-order valence-electron chi connectivity index (χ0n) is 15.7. The molecule has 2 aromatic rings. The van der Waals surface area contributed by atoms with Crippen molar-refractivity contribution in [1.29, 1.82) is 0 Å². The minimum Gasteiger partial charge on any atom is -0.339 e. The second-order valence-electron chi connectivity index (χ2n) is 6.77. The number of nitrogens with one attached hydrogen (secondary N) is 1. The second kappa shape index (κ2) is 9.13. The summed E-state index contributed by atoms with van der Waals surface area (Å²) in [4.78, 5) is 17.5. The third-order valence-corrected chi connectivity index (χ3v) is 7.28. The summed E-state index contributed by atoms with van der Waals surface area (Å²) in [6.45, 7) is 5.04. The number of nitrogens with zero attached hydrogens (tertiary/aromatic N) is 2. The van der Waals surface area contributed by atoms with Gasteiger partial charge in [0.05, 0.1) is 6.04 Å². The normalized spacial score (nSPS) is 16.9. The van der Waals surface area contributed by atoms with Gasteiger partial charge in [-0.25, -0.2) is 12.8 Å². The van der Waals surface area contributed by atoms with Crippen molar-refractivity contribution in [3.8, 4) is 0 Å². The number of rotatable bonds is 7. The van der Waals surface area contributed by atoms with Crippen LogP contribution < -0.4 is 4.72 Å². The Morgan fingerprint density at radius 1 is 1.18 bits per heavy atom. The second-order valence-corrected chi connectivity index (χ2v) is 9.48. The monoisotopic (exact) mass is 425 g/mol. The molecule has 0 radical (unpaired) electrons. The van der Waals surface area contributed by atoms with Crippen molar-refractivity contribution in [3.05, 3.63) is 52.5 Å². The Kier molecular flexibility index (Phi) is 6.82. The van der Waals surface area contributed by atoms with Gasteiger partial charge in [0.15, 0.2) is 0 Å². The zero-order valence-corrected chi connectivity index (χ0v) is 17.3. The minimum atomic E-state index is -4.10. The fourth-order valence-electron chi connectivity index (χ4n) is 3.20. The number of carbonyl (C=O) groups excluding carboxylic acids is 1. The van der Waals surface area contributed by atoms with E-state index in [1.54, 1.807) is 16.2 Å². The first-order valence-corrected chi connectivity index (χ1v) is 11.5. The lowest BCUT2D eigenvalue weighted by atomic mass is 10.2. The van der Waals surface area contributed by atoms with Crippen molar-refractivity contribution >= 4 is 27.3 Å². The first-order chi connectivity index (χ1) is 13.4. The van der Waals surface area contributed by atoms with E-state index in [9.17, 15) is 17.6 Å². The molecule has 152 valence electrons. The van der Waals surface area contributed by atoms with Gasteiger partial charge in [0.25, 0.3) is 0 Å². The molecule has 0 bridgehead atoms. The van der Waals surface area contributed by atoms with Crippen LogP contribution in [-0.2, 0) is 21.2 Å². The molecule has 9 heteroatoms. The number of piperazine rings is 1. The molecule has 2 heterocycles. The van der Waals surface area contributed by atoms with Gasteiger partial charge < -0.3 is 4.90 Å². The van der Waals surface area contributed by atoms with Gasteiger partial charge in [-0.2, -0.15) is 4.72 Å². The standard InChI is InChI=1S/C19H24FN3O3S2/c1-15(21-28(25,26)18-7-3-2-6-17(18)20)19(24)23-12-10-22(11-13-23)9-8-16-5-4-14-27-16/h2-7,14-15,21H,8-13H2,1H3/t15-/m0/s1. The largest absolute Gasteiger partial charge is 0.339 e. The summed E-state index contributed by atoms with van der Waals surface area (Å²) in [5.41, 5.74) is 0.